The Kier molecular flexibility index (Phi) is 4.39. The van der Waals surface area contributed by atoms with Gasteiger partial charge in [-0.3, -0.25) is 4.98 Å². The summed E-state index contributed by atoms with van der Waals surface area (Å²) in [6.07, 6.45) is -0.0360. The molecule has 6 nitrogen and oxygen atoms in total. The van der Waals surface area contributed by atoms with Crippen LogP contribution in [0.5, 0.6) is 6.01 Å². The number of nitrogens with one attached hydrogen (secondary N) is 2. The highest BCUT2D eigenvalue weighted by Crippen LogP contribution is 2.37. The Labute approximate surface area is 108 Å². The van der Waals surface area contributed by atoms with Gasteiger partial charge in [-0.2, -0.15) is 0 Å². The largest absolute Gasteiger partial charge is 0.461 e. The fraction of sp³-hybridized carbons (Fsp3) is 0.818. The van der Waals surface area contributed by atoms with Crippen molar-refractivity contribution in [3.05, 3.63) is 10.5 Å². The molecule has 0 spiro atoms. The monoisotopic (exact) mass is 273 g/mol. The third kappa shape index (κ3) is 3.99. The van der Waals surface area contributed by atoms with Crippen molar-refractivity contribution in [3.8, 4) is 6.01 Å². The van der Waals surface area contributed by atoms with E-state index in [0.717, 1.165) is 0 Å². The third-order valence-electron chi connectivity index (χ3n) is 3.24. The number of hydrogen-bond acceptors (Lipinski definition) is 4. The number of hydrogen-bond donors (Lipinski definition) is 2. The third-order valence-corrected chi connectivity index (χ3v) is 7.84. The summed E-state index contributed by atoms with van der Waals surface area (Å²) in [5.41, 5.74) is -0.372. The van der Waals surface area contributed by atoms with Crippen LogP contribution in [-0.4, -0.2) is 36.2 Å². The molecule has 18 heavy (non-hydrogen) atoms. The predicted molar refractivity (Wildman–Crippen MR) is 72.4 cm³/mol. The molecule has 0 aromatic carbocycles. The first-order valence-electron chi connectivity index (χ1n) is 6.07. The molecule has 2 N–H and O–H groups in total. The molecular weight excluding hydrogens is 250 g/mol. The van der Waals surface area contributed by atoms with Gasteiger partial charge in [-0.05, 0) is 25.1 Å². The van der Waals surface area contributed by atoms with Crippen molar-refractivity contribution in [3.63, 3.8) is 0 Å². The normalized spacial score (nSPS) is 14.6. The van der Waals surface area contributed by atoms with Crippen LogP contribution in [0.15, 0.2) is 4.79 Å². The van der Waals surface area contributed by atoms with Crippen LogP contribution in [0.2, 0.25) is 18.1 Å². The molecule has 7 heteroatoms. The van der Waals surface area contributed by atoms with Crippen LogP contribution in [0.25, 0.3) is 0 Å². The van der Waals surface area contributed by atoms with E-state index >= 15 is 0 Å². The lowest BCUT2D eigenvalue weighted by Gasteiger charge is -2.38. The number of nitrogens with zero attached hydrogens (tertiary/aromatic N) is 1. The summed E-state index contributed by atoms with van der Waals surface area (Å²) in [6.45, 7) is 13.3. The molecule has 1 aromatic rings. The van der Waals surface area contributed by atoms with Crippen LogP contribution >= 0.6 is 0 Å². The van der Waals surface area contributed by atoms with Crippen molar-refractivity contribution in [1.82, 2.24) is 15.2 Å². The maximum Gasteiger partial charge on any atom is 0.343 e. The summed E-state index contributed by atoms with van der Waals surface area (Å²) in [5, 5.41) is 6.09. The molecule has 0 aliphatic rings. The van der Waals surface area contributed by atoms with Crippen molar-refractivity contribution in [2.24, 2.45) is 0 Å². The number of aromatic nitrogens is 3. The van der Waals surface area contributed by atoms with Crippen LogP contribution in [0.4, 0.5) is 0 Å². The molecule has 0 bridgehead atoms. The molecule has 1 unspecified atom stereocenters. The van der Waals surface area contributed by atoms with E-state index in [9.17, 15) is 4.79 Å². The fourth-order valence-electron chi connectivity index (χ4n) is 1.23. The SMILES string of the molecule is CC(COc1n[nH]c(=O)[nH]1)O[Si](C)(C)C(C)(C)C. The molecule has 0 radical (unpaired) electrons. The van der Waals surface area contributed by atoms with Crippen LogP contribution in [0, 0.1) is 0 Å². The molecule has 0 saturated carbocycles. The van der Waals surface area contributed by atoms with Gasteiger partial charge < -0.3 is 9.16 Å². The summed E-state index contributed by atoms with van der Waals surface area (Å²) >= 11 is 0. The van der Waals surface area contributed by atoms with Crippen LogP contribution in [-0.2, 0) is 4.43 Å². The second-order valence-corrected chi connectivity index (χ2v) is 10.7. The van der Waals surface area contributed by atoms with Gasteiger partial charge in [-0.15, -0.1) is 5.10 Å². The summed E-state index contributed by atoms with van der Waals surface area (Å²) < 4.78 is 11.5. The van der Waals surface area contributed by atoms with E-state index in [4.69, 9.17) is 9.16 Å². The molecule has 0 amide bonds. The number of aromatic amines is 2. The van der Waals surface area contributed by atoms with Gasteiger partial charge in [-0.1, -0.05) is 20.8 Å². The van der Waals surface area contributed by atoms with Crippen molar-refractivity contribution in [2.45, 2.75) is 51.9 Å². The number of rotatable bonds is 5. The Bertz CT molecular complexity index is 433. The lowest BCUT2D eigenvalue weighted by atomic mass is 10.2. The minimum atomic E-state index is -1.78. The van der Waals surface area contributed by atoms with Gasteiger partial charge >= 0.3 is 11.7 Å². The summed E-state index contributed by atoms with van der Waals surface area (Å²) in [4.78, 5) is 13.3. The van der Waals surface area contributed by atoms with E-state index in [0.29, 0.717) is 6.61 Å². The molecule has 1 heterocycles. The molecule has 0 saturated heterocycles. The van der Waals surface area contributed by atoms with Crippen LogP contribution in [0.3, 0.4) is 0 Å². The lowest BCUT2D eigenvalue weighted by molar-refractivity contribution is 0.123. The van der Waals surface area contributed by atoms with Gasteiger partial charge in [-0.25, -0.2) is 9.89 Å². The maximum absolute atomic E-state index is 10.8. The van der Waals surface area contributed by atoms with Gasteiger partial charge in [0, 0.05) is 0 Å². The summed E-state index contributed by atoms with van der Waals surface area (Å²) in [5.74, 6) is 0. The molecule has 0 aliphatic carbocycles. The van der Waals surface area contributed by atoms with Gasteiger partial charge in [0.15, 0.2) is 8.32 Å². The molecule has 0 fully saturated rings. The van der Waals surface area contributed by atoms with E-state index in [1.165, 1.54) is 0 Å². The molecule has 104 valence electrons. The average molecular weight is 273 g/mol. The Hall–Kier alpha value is -1.08. The minimum Gasteiger partial charge on any atom is -0.461 e. The standard InChI is InChI=1S/C11H23N3O3Si/c1-8(17-18(5,6)11(2,3)4)7-16-10-12-9(15)13-14-10/h8H,7H2,1-6H3,(H2,12,13,14,15). The highest BCUT2D eigenvalue weighted by Gasteiger charge is 2.38. The minimum absolute atomic E-state index is 0.0360. The van der Waals surface area contributed by atoms with Crippen molar-refractivity contribution >= 4 is 8.32 Å². The average Bonchev–Trinajstić information content (AvgIpc) is 2.59. The van der Waals surface area contributed by atoms with E-state index in [1.807, 2.05) is 6.92 Å². The highest BCUT2D eigenvalue weighted by molar-refractivity contribution is 6.74. The Morgan fingerprint density at radius 2 is 2.00 bits per heavy atom. The molecule has 1 aromatic heterocycles. The van der Waals surface area contributed by atoms with Gasteiger partial charge in [0.25, 0.3) is 0 Å². The molecule has 0 aliphatic heterocycles. The van der Waals surface area contributed by atoms with Crippen molar-refractivity contribution in [1.29, 1.82) is 0 Å². The van der Waals surface area contributed by atoms with E-state index in [1.54, 1.807) is 0 Å². The second kappa shape index (κ2) is 5.27. The van der Waals surface area contributed by atoms with Crippen LogP contribution in [0.1, 0.15) is 27.7 Å². The second-order valence-electron chi connectivity index (χ2n) is 5.98. The van der Waals surface area contributed by atoms with Crippen LogP contribution < -0.4 is 10.4 Å². The maximum atomic E-state index is 10.8. The van der Waals surface area contributed by atoms with Crippen molar-refractivity contribution < 1.29 is 9.16 Å². The first-order chi connectivity index (χ1) is 8.12. The zero-order chi connectivity index (χ0) is 14.0. The molecular formula is C11H23N3O3Si. The quantitative estimate of drug-likeness (QED) is 0.803. The summed E-state index contributed by atoms with van der Waals surface area (Å²) in [6, 6.07) is 0.200. The lowest BCUT2D eigenvalue weighted by Crippen LogP contribution is -2.44. The van der Waals surface area contributed by atoms with Gasteiger partial charge in [0.05, 0.1) is 6.10 Å². The smallest absolute Gasteiger partial charge is 0.343 e. The Morgan fingerprint density at radius 3 is 2.44 bits per heavy atom. The first kappa shape index (κ1) is 15.0. The van der Waals surface area contributed by atoms with E-state index in [-0.39, 0.29) is 22.8 Å². The highest BCUT2D eigenvalue weighted by atomic mass is 28.4. The zero-order valence-corrected chi connectivity index (χ0v) is 13.0. The van der Waals surface area contributed by atoms with Gasteiger partial charge in [0.2, 0.25) is 0 Å². The topological polar surface area (TPSA) is 80.0 Å². The van der Waals surface area contributed by atoms with Crippen molar-refractivity contribution in [2.75, 3.05) is 6.61 Å². The Balaban J connectivity index is 2.47. The van der Waals surface area contributed by atoms with Gasteiger partial charge in [0.1, 0.15) is 6.61 Å². The molecule has 1 rings (SSSR count). The fourth-order valence-corrected chi connectivity index (χ4v) is 2.66. The number of H-pyrrole nitrogens is 2. The van der Waals surface area contributed by atoms with E-state index in [2.05, 4.69) is 49.0 Å². The first-order valence-corrected chi connectivity index (χ1v) is 8.98. The zero-order valence-electron chi connectivity index (χ0n) is 12.0. The Morgan fingerprint density at radius 1 is 1.39 bits per heavy atom. The summed E-state index contributed by atoms with van der Waals surface area (Å²) in [7, 11) is -1.78. The predicted octanol–water partition coefficient (Wildman–Crippen LogP) is 1.89. The van der Waals surface area contributed by atoms with E-state index < -0.39 is 8.32 Å². The number of ether oxygens (including phenoxy) is 1. The molecule has 1 atom stereocenters.